The number of rotatable bonds is 5. The van der Waals surface area contributed by atoms with Crippen LogP contribution >= 0.6 is 11.3 Å². The number of nitrogens with zero attached hydrogens (tertiary/aromatic N) is 4. The molecule has 2 atom stereocenters. The predicted octanol–water partition coefficient (Wildman–Crippen LogP) is 3.24. The maximum absolute atomic E-state index is 6.67. The fraction of sp³-hybridized carbons (Fsp3) is 0.111. The first-order valence-corrected chi connectivity index (χ1v) is 12.5. The summed E-state index contributed by atoms with van der Waals surface area (Å²) in [6, 6.07) is 15.8. The third kappa shape index (κ3) is 3.69. The van der Waals surface area contributed by atoms with Crippen LogP contribution in [0.5, 0.6) is 5.75 Å². The molecule has 0 saturated carbocycles. The van der Waals surface area contributed by atoms with Crippen molar-refractivity contribution in [2.75, 3.05) is 5.73 Å². The van der Waals surface area contributed by atoms with Crippen LogP contribution in [0.2, 0.25) is 0 Å². The monoisotopic (exact) mass is 508 g/mol. The van der Waals surface area contributed by atoms with E-state index >= 15 is 0 Å². The van der Waals surface area contributed by atoms with E-state index in [-0.39, 0.29) is 5.95 Å². The molecule has 2 aromatic carbocycles. The minimum atomic E-state index is -1.08. The molecular formula is C27H24N8OS. The third-order valence-electron chi connectivity index (χ3n) is 6.43. The number of aromatic nitrogens is 3. The van der Waals surface area contributed by atoms with Crippen LogP contribution in [0.25, 0.3) is 0 Å². The van der Waals surface area contributed by atoms with Crippen molar-refractivity contribution < 1.29 is 4.74 Å². The number of ether oxygens (including phenoxy) is 1. The van der Waals surface area contributed by atoms with Gasteiger partial charge in [-0.2, -0.15) is 5.10 Å². The summed E-state index contributed by atoms with van der Waals surface area (Å²) in [6.07, 6.45) is 11.0. The van der Waals surface area contributed by atoms with Gasteiger partial charge < -0.3 is 21.5 Å². The maximum Gasteiger partial charge on any atom is 0.243 e. The lowest BCUT2D eigenvalue weighted by Crippen LogP contribution is -2.48. The highest BCUT2D eigenvalue weighted by molar-refractivity contribution is 7.09. The second kappa shape index (κ2) is 8.75. The number of benzene rings is 2. The van der Waals surface area contributed by atoms with Gasteiger partial charge >= 0.3 is 0 Å². The van der Waals surface area contributed by atoms with Gasteiger partial charge in [-0.1, -0.05) is 42.5 Å². The lowest BCUT2D eigenvalue weighted by Gasteiger charge is -2.38. The first-order valence-electron chi connectivity index (χ1n) is 11.6. The first kappa shape index (κ1) is 22.7. The highest BCUT2D eigenvalue weighted by Crippen LogP contribution is 2.42. The van der Waals surface area contributed by atoms with Crippen molar-refractivity contribution >= 4 is 23.1 Å². The Morgan fingerprint density at radius 3 is 2.73 bits per heavy atom. The van der Waals surface area contributed by atoms with E-state index < -0.39 is 11.3 Å². The van der Waals surface area contributed by atoms with Gasteiger partial charge in [0.2, 0.25) is 11.7 Å². The van der Waals surface area contributed by atoms with Gasteiger partial charge in [-0.3, -0.25) is 5.43 Å². The van der Waals surface area contributed by atoms with Gasteiger partial charge in [0.05, 0.1) is 0 Å². The summed E-state index contributed by atoms with van der Waals surface area (Å²) in [6.45, 7) is 1.92. The molecule has 2 aliphatic rings. The van der Waals surface area contributed by atoms with Crippen molar-refractivity contribution in [2.24, 2.45) is 10.8 Å². The van der Waals surface area contributed by atoms with Crippen molar-refractivity contribution in [3.63, 3.8) is 0 Å². The number of nitrogens with one attached hydrogen (secondary N) is 2. The molecule has 0 amide bonds. The topological polar surface area (TPSA) is 136 Å². The Morgan fingerprint density at radius 2 is 1.92 bits per heavy atom. The predicted molar refractivity (Wildman–Crippen MR) is 144 cm³/mol. The van der Waals surface area contributed by atoms with E-state index in [1.165, 1.54) is 0 Å². The fourth-order valence-electron chi connectivity index (χ4n) is 4.75. The number of nitrogens with two attached hydrogens (primary N) is 2. The minimum Gasteiger partial charge on any atom is -0.459 e. The van der Waals surface area contributed by atoms with Crippen LogP contribution in [0.3, 0.4) is 0 Å². The summed E-state index contributed by atoms with van der Waals surface area (Å²) in [5.41, 5.74) is 17.8. The molecule has 2 aromatic heterocycles. The van der Waals surface area contributed by atoms with Crippen molar-refractivity contribution in [3.05, 3.63) is 124 Å². The number of hydrogen-bond acceptors (Lipinski definition) is 10. The summed E-state index contributed by atoms with van der Waals surface area (Å²) in [7, 11) is 0. The Labute approximate surface area is 217 Å². The number of hydrazone groups is 1. The quantitative estimate of drug-likeness (QED) is 0.323. The zero-order chi connectivity index (χ0) is 25.5. The number of nitrogen functional groups attached to an aromatic ring is 1. The van der Waals surface area contributed by atoms with Crippen molar-refractivity contribution in [2.45, 2.75) is 18.2 Å². The van der Waals surface area contributed by atoms with Gasteiger partial charge in [0.25, 0.3) is 0 Å². The molecule has 0 saturated heterocycles. The second-order valence-corrected chi connectivity index (χ2v) is 9.62. The largest absolute Gasteiger partial charge is 0.459 e. The molecule has 0 fully saturated rings. The zero-order valence-corrected chi connectivity index (χ0v) is 20.7. The number of aryl methyl sites for hydroxylation is 1. The minimum absolute atomic E-state index is 0.170. The first-order chi connectivity index (χ1) is 18.0. The van der Waals surface area contributed by atoms with Crippen LogP contribution in [0.4, 0.5) is 5.95 Å². The molecule has 0 radical (unpaired) electrons. The van der Waals surface area contributed by atoms with Crippen LogP contribution in [-0.4, -0.2) is 20.8 Å². The van der Waals surface area contributed by atoms with Gasteiger partial charge in [-0.25, -0.2) is 15.0 Å². The van der Waals surface area contributed by atoms with Gasteiger partial charge in [0, 0.05) is 35.1 Å². The Morgan fingerprint density at radius 1 is 1.03 bits per heavy atom. The number of hydrogen-bond donors (Lipinski definition) is 4. The molecule has 2 unspecified atom stereocenters. The summed E-state index contributed by atoms with van der Waals surface area (Å²) in [4.78, 5) is 13.3. The van der Waals surface area contributed by atoms with Crippen molar-refractivity contribution in [1.29, 1.82) is 0 Å². The summed E-state index contributed by atoms with van der Waals surface area (Å²) < 4.78 is 6.67. The molecule has 6 rings (SSSR count). The van der Waals surface area contributed by atoms with Gasteiger partial charge in [-0.15, -0.1) is 11.3 Å². The number of fused-ring (bicyclic) bond motifs is 1. The molecule has 4 heterocycles. The molecule has 9 nitrogen and oxygen atoms in total. The number of dihydropyridines is 1. The smallest absolute Gasteiger partial charge is 0.243 e. The van der Waals surface area contributed by atoms with Gasteiger partial charge in [0.1, 0.15) is 16.5 Å². The number of amidine groups is 1. The molecule has 2 aliphatic heterocycles. The maximum atomic E-state index is 6.67. The zero-order valence-electron chi connectivity index (χ0n) is 19.9. The van der Waals surface area contributed by atoms with Crippen molar-refractivity contribution in [1.82, 2.24) is 25.7 Å². The number of allylic oxidation sites excluding steroid dienone is 2. The van der Waals surface area contributed by atoms with Crippen LogP contribution in [0.1, 0.15) is 33.0 Å². The molecular weight excluding hydrogens is 484 g/mol. The van der Waals surface area contributed by atoms with E-state index in [4.69, 9.17) is 16.2 Å². The SMILES string of the molecule is Cc1cnc(N)nc1C1(Oc2cccc(C3(c4nccs4)NN=C(N)c4ccccc43)c2)C=CC=CN1. The van der Waals surface area contributed by atoms with Crippen LogP contribution in [0.15, 0.2) is 95.8 Å². The normalized spacial score (nSPS) is 21.9. The Balaban J connectivity index is 1.49. The van der Waals surface area contributed by atoms with E-state index in [1.807, 2.05) is 85.3 Å². The summed E-state index contributed by atoms with van der Waals surface area (Å²) in [5.74, 6) is 1.21. The average molecular weight is 509 g/mol. The summed E-state index contributed by atoms with van der Waals surface area (Å²) in [5, 5.41) is 10.6. The Bertz CT molecular complexity index is 1560. The molecule has 184 valence electrons. The standard InChI is InChI=1S/C27H24N8OS/c1-17-16-31-25(29)33-22(17)26(11-4-5-12-32-26)36-19-8-6-7-18(15-19)27(24-30-13-14-37-24)21-10-3-2-9-20(21)23(28)34-35-27/h2-16,32,35H,1H3,(H2,28,34)(H2,29,31,33). The molecule has 10 heteroatoms. The Hall–Kier alpha value is -4.70. The summed E-state index contributed by atoms with van der Waals surface area (Å²) >= 11 is 1.54. The fourth-order valence-corrected chi connectivity index (χ4v) is 5.57. The van der Waals surface area contributed by atoms with Gasteiger partial charge in [-0.05, 0) is 42.3 Å². The van der Waals surface area contributed by atoms with Crippen molar-refractivity contribution in [3.8, 4) is 5.75 Å². The van der Waals surface area contributed by atoms with Crippen LogP contribution in [-0.2, 0) is 11.3 Å². The molecule has 6 N–H and O–H groups in total. The number of anilines is 1. The van der Waals surface area contributed by atoms with E-state index in [1.54, 1.807) is 23.7 Å². The highest BCUT2D eigenvalue weighted by Gasteiger charge is 2.44. The third-order valence-corrected chi connectivity index (χ3v) is 7.32. The molecule has 37 heavy (non-hydrogen) atoms. The lowest BCUT2D eigenvalue weighted by molar-refractivity contribution is 0.0890. The van der Waals surface area contributed by atoms with Gasteiger partial charge in [0.15, 0.2) is 11.4 Å². The molecule has 0 aliphatic carbocycles. The van der Waals surface area contributed by atoms with E-state index in [0.29, 0.717) is 17.3 Å². The molecule has 4 aromatic rings. The molecule has 0 bridgehead atoms. The number of thiazole rings is 1. The van der Waals surface area contributed by atoms with Crippen LogP contribution in [0, 0.1) is 6.92 Å². The Kier molecular flexibility index (Phi) is 5.38. The van der Waals surface area contributed by atoms with E-state index in [0.717, 1.165) is 27.3 Å². The highest BCUT2D eigenvalue weighted by atomic mass is 32.1. The van der Waals surface area contributed by atoms with E-state index in [2.05, 4.69) is 30.8 Å². The lowest BCUT2D eigenvalue weighted by atomic mass is 9.80. The average Bonchev–Trinajstić information content (AvgIpc) is 3.47. The van der Waals surface area contributed by atoms with E-state index in [9.17, 15) is 0 Å². The second-order valence-electron chi connectivity index (χ2n) is 8.73. The van der Waals surface area contributed by atoms with Crippen LogP contribution < -0.4 is 26.9 Å². The molecule has 0 spiro atoms.